The van der Waals surface area contributed by atoms with Crippen LogP contribution in [0.5, 0.6) is 5.75 Å². The lowest BCUT2D eigenvalue weighted by molar-refractivity contribution is -0.137. The van der Waals surface area contributed by atoms with Gasteiger partial charge < -0.3 is 4.74 Å². The Kier molecular flexibility index (Phi) is 4.78. The molecule has 0 radical (unpaired) electrons. The van der Waals surface area contributed by atoms with Crippen LogP contribution in [0.15, 0.2) is 85.1 Å². The number of ether oxygens (including phenoxy) is 1. The van der Waals surface area contributed by atoms with Gasteiger partial charge in [-0.1, -0.05) is 42.5 Å². The predicted octanol–water partition coefficient (Wildman–Crippen LogP) is 7.14. The topological polar surface area (TPSA) is 35.0 Å². The van der Waals surface area contributed by atoms with Gasteiger partial charge in [-0.2, -0.15) is 13.2 Å². The summed E-state index contributed by atoms with van der Waals surface area (Å²) in [6.45, 7) is 0. The van der Waals surface area contributed by atoms with Crippen LogP contribution < -0.4 is 4.74 Å². The van der Waals surface area contributed by atoms with Crippen LogP contribution in [-0.2, 0) is 6.18 Å². The fourth-order valence-electron chi connectivity index (χ4n) is 3.85. The number of methoxy groups -OCH3 is 1. The second kappa shape index (κ2) is 7.64. The van der Waals surface area contributed by atoms with Crippen molar-refractivity contribution < 1.29 is 17.9 Å². The average Bonchev–Trinajstić information content (AvgIpc) is 2.83. The van der Waals surface area contributed by atoms with Crippen LogP contribution in [-0.4, -0.2) is 17.1 Å². The van der Waals surface area contributed by atoms with Gasteiger partial charge in [0.2, 0.25) is 0 Å². The van der Waals surface area contributed by atoms with Gasteiger partial charge in [0, 0.05) is 16.3 Å². The molecule has 158 valence electrons. The Labute approximate surface area is 182 Å². The number of hydrogen-bond donors (Lipinski definition) is 0. The monoisotopic (exact) mass is 430 g/mol. The molecular formula is C26H17F3N2O. The summed E-state index contributed by atoms with van der Waals surface area (Å²) in [5.74, 6) is 0.738. The first-order valence-electron chi connectivity index (χ1n) is 9.94. The third-order valence-corrected chi connectivity index (χ3v) is 5.46. The van der Waals surface area contributed by atoms with E-state index < -0.39 is 11.7 Å². The normalized spacial score (nSPS) is 11.8. The molecule has 3 nitrogen and oxygen atoms in total. The second-order valence-electron chi connectivity index (χ2n) is 7.39. The fraction of sp³-hybridized carbons (Fsp3) is 0.0769. The molecule has 3 aromatic carbocycles. The summed E-state index contributed by atoms with van der Waals surface area (Å²) in [6.07, 6.45) is -2.68. The molecule has 0 aliphatic rings. The molecule has 0 spiro atoms. The molecule has 5 rings (SSSR count). The quantitative estimate of drug-likeness (QED) is 0.285. The highest BCUT2D eigenvalue weighted by Crippen LogP contribution is 2.37. The summed E-state index contributed by atoms with van der Waals surface area (Å²) in [5, 5.41) is 1.90. The molecule has 6 heteroatoms. The summed E-state index contributed by atoms with van der Waals surface area (Å²) in [4.78, 5) is 9.26. The SMILES string of the molecule is COc1ccc(-c2cc(-c3ccc(C(F)(F)F)cc3)nc3cnc4ccccc4c23)cc1. The Bertz CT molecular complexity index is 1430. The second-order valence-corrected chi connectivity index (χ2v) is 7.39. The van der Waals surface area contributed by atoms with Crippen LogP contribution in [0.3, 0.4) is 0 Å². The van der Waals surface area contributed by atoms with Gasteiger partial charge in [0.25, 0.3) is 0 Å². The zero-order valence-corrected chi connectivity index (χ0v) is 17.0. The van der Waals surface area contributed by atoms with Gasteiger partial charge in [-0.25, -0.2) is 4.98 Å². The maximum Gasteiger partial charge on any atom is 0.416 e. The van der Waals surface area contributed by atoms with E-state index in [1.807, 2.05) is 54.6 Å². The zero-order valence-electron chi connectivity index (χ0n) is 17.0. The smallest absolute Gasteiger partial charge is 0.416 e. The third kappa shape index (κ3) is 3.54. The Hall–Kier alpha value is -3.93. The number of rotatable bonds is 3. The molecule has 0 aliphatic heterocycles. The number of hydrogen-bond acceptors (Lipinski definition) is 3. The first-order chi connectivity index (χ1) is 15.4. The van der Waals surface area contributed by atoms with Crippen LogP contribution in [0.1, 0.15) is 5.56 Å². The Balaban J connectivity index is 1.76. The van der Waals surface area contributed by atoms with Crippen molar-refractivity contribution in [3.63, 3.8) is 0 Å². The minimum Gasteiger partial charge on any atom is -0.497 e. The average molecular weight is 430 g/mol. The van der Waals surface area contributed by atoms with E-state index >= 15 is 0 Å². The lowest BCUT2D eigenvalue weighted by Gasteiger charge is -2.13. The Morgan fingerprint density at radius 2 is 1.47 bits per heavy atom. The maximum atomic E-state index is 13.0. The summed E-state index contributed by atoms with van der Waals surface area (Å²) < 4.78 is 44.3. The molecular weight excluding hydrogens is 413 g/mol. The third-order valence-electron chi connectivity index (χ3n) is 5.46. The molecule has 0 aliphatic carbocycles. The standard InChI is InChI=1S/C26H17F3N2O/c1-32-19-12-8-16(9-13-19)21-14-23(17-6-10-18(11-7-17)26(27,28)29)31-24-15-30-22-5-3-2-4-20(22)25(21)24/h2-15H,1H3. The van der Waals surface area contributed by atoms with Crippen LogP contribution >= 0.6 is 0 Å². The number of pyridine rings is 2. The van der Waals surface area contributed by atoms with E-state index in [0.29, 0.717) is 16.8 Å². The van der Waals surface area contributed by atoms with Crippen molar-refractivity contribution in [2.75, 3.05) is 7.11 Å². The van der Waals surface area contributed by atoms with Gasteiger partial charge >= 0.3 is 6.18 Å². The highest BCUT2D eigenvalue weighted by Gasteiger charge is 2.30. The van der Waals surface area contributed by atoms with E-state index in [1.165, 1.54) is 12.1 Å². The molecule has 0 atom stereocenters. The van der Waals surface area contributed by atoms with Crippen molar-refractivity contribution in [2.24, 2.45) is 0 Å². The fourth-order valence-corrected chi connectivity index (χ4v) is 3.85. The predicted molar refractivity (Wildman–Crippen MR) is 119 cm³/mol. The Morgan fingerprint density at radius 3 is 2.16 bits per heavy atom. The first-order valence-corrected chi connectivity index (χ1v) is 9.94. The molecule has 0 N–H and O–H groups in total. The van der Waals surface area contributed by atoms with E-state index in [9.17, 15) is 13.2 Å². The van der Waals surface area contributed by atoms with Crippen molar-refractivity contribution in [3.05, 3.63) is 90.6 Å². The molecule has 2 heterocycles. The van der Waals surface area contributed by atoms with Crippen LogP contribution in [0.25, 0.3) is 44.2 Å². The molecule has 0 saturated carbocycles. The number of aromatic nitrogens is 2. The van der Waals surface area contributed by atoms with E-state index in [4.69, 9.17) is 9.72 Å². The maximum absolute atomic E-state index is 13.0. The largest absolute Gasteiger partial charge is 0.497 e. The number of nitrogens with zero attached hydrogens (tertiary/aromatic N) is 2. The van der Waals surface area contributed by atoms with Gasteiger partial charge in [-0.3, -0.25) is 4.98 Å². The molecule has 0 saturated heterocycles. The molecule has 2 aromatic heterocycles. The summed E-state index contributed by atoms with van der Waals surface area (Å²) in [7, 11) is 1.61. The van der Waals surface area contributed by atoms with E-state index in [-0.39, 0.29) is 0 Å². The summed E-state index contributed by atoms with van der Waals surface area (Å²) in [6, 6.07) is 22.5. The van der Waals surface area contributed by atoms with E-state index in [1.54, 1.807) is 13.3 Å². The van der Waals surface area contributed by atoms with Gasteiger partial charge in [0.15, 0.2) is 0 Å². The highest BCUT2D eigenvalue weighted by atomic mass is 19.4. The van der Waals surface area contributed by atoms with E-state index in [0.717, 1.165) is 45.3 Å². The van der Waals surface area contributed by atoms with Crippen molar-refractivity contribution in [1.82, 2.24) is 9.97 Å². The molecule has 0 amide bonds. The van der Waals surface area contributed by atoms with Crippen LogP contribution in [0.2, 0.25) is 0 Å². The molecule has 32 heavy (non-hydrogen) atoms. The van der Waals surface area contributed by atoms with Gasteiger partial charge in [-0.05, 0) is 47.5 Å². The number of halogens is 3. The molecule has 0 unspecified atom stereocenters. The van der Waals surface area contributed by atoms with Crippen LogP contribution in [0, 0.1) is 0 Å². The molecule has 5 aromatic rings. The number of fused-ring (bicyclic) bond motifs is 3. The minimum atomic E-state index is -4.38. The first kappa shape index (κ1) is 20.0. The van der Waals surface area contributed by atoms with Crippen molar-refractivity contribution in [1.29, 1.82) is 0 Å². The Morgan fingerprint density at radius 1 is 0.781 bits per heavy atom. The van der Waals surface area contributed by atoms with Crippen LogP contribution in [0.4, 0.5) is 13.2 Å². The van der Waals surface area contributed by atoms with Gasteiger partial charge in [-0.15, -0.1) is 0 Å². The summed E-state index contributed by atoms with van der Waals surface area (Å²) in [5.41, 5.74) is 3.88. The highest BCUT2D eigenvalue weighted by molar-refractivity contribution is 6.12. The van der Waals surface area contributed by atoms with Crippen molar-refractivity contribution in [3.8, 4) is 28.1 Å². The van der Waals surface area contributed by atoms with E-state index in [2.05, 4.69) is 4.98 Å². The number of para-hydroxylation sites is 1. The number of benzene rings is 3. The van der Waals surface area contributed by atoms with Crippen molar-refractivity contribution in [2.45, 2.75) is 6.18 Å². The zero-order chi connectivity index (χ0) is 22.3. The minimum absolute atomic E-state index is 0.578. The molecule has 0 bridgehead atoms. The lowest BCUT2D eigenvalue weighted by atomic mass is 9.96. The summed E-state index contributed by atoms with van der Waals surface area (Å²) >= 11 is 0. The van der Waals surface area contributed by atoms with Gasteiger partial charge in [0.1, 0.15) is 5.75 Å². The lowest BCUT2D eigenvalue weighted by Crippen LogP contribution is -2.04. The van der Waals surface area contributed by atoms with Gasteiger partial charge in [0.05, 0.1) is 35.6 Å². The molecule has 0 fully saturated rings. The number of alkyl halides is 3. The van der Waals surface area contributed by atoms with Crippen molar-refractivity contribution >= 4 is 21.8 Å².